The average Bonchev–Trinajstić information content (AvgIpc) is 3.30. The van der Waals surface area contributed by atoms with Crippen molar-refractivity contribution in [2.45, 2.75) is 0 Å². The van der Waals surface area contributed by atoms with Crippen LogP contribution in [0.25, 0.3) is 11.3 Å². The monoisotopic (exact) mass is 461 g/mol. The van der Waals surface area contributed by atoms with Gasteiger partial charge in [-0.05, 0) is 24.7 Å². The normalized spacial score (nSPS) is 14.3. The average molecular weight is 462 g/mol. The molecule has 10 heteroatoms. The van der Waals surface area contributed by atoms with E-state index >= 15 is 0 Å². The van der Waals surface area contributed by atoms with E-state index in [4.69, 9.17) is 11.6 Å². The molecule has 1 aliphatic rings. The molecule has 4 aromatic rings. The second kappa shape index (κ2) is 9.43. The highest BCUT2D eigenvalue weighted by molar-refractivity contribution is 6.33. The fourth-order valence-electron chi connectivity index (χ4n) is 3.57. The number of aromatic amines is 1. The van der Waals surface area contributed by atoms with E-state index in [0.29, 0.717) is 28.7 Å². The minimum Gasteiger partial charge on any atom is -0.338 e. The number of para-hydroxylation sites is 1. The Labute approximate surface area is 196 Å². The summed E-state index contributed by atoms with van der Waals surface area (Å²) >= 11 is 6.33. The van der Waals surface area contributed by atoms with Gasteiger partial charge in [0.1, 0.15) is 0 Å². The molecule has 168 valence electrons. The van der Waals surface area contributed by atoms with Gasteiger partial charge in [0.25, 0.3) is 0 Å². The summed E-state index contributed by atoms with van der Waals surface area (Å²) in [6.45, 7) is 3.57. The summed E-state index contributed by atoms with van der Waals surface area (Å²) in [4.78, 5) is 18.3. The van der Waals surface area contributed by atoms with Gasteiger partial charge >= 0.3 is 0 Å². The van der Waals surface area contributed by atoms with Gasteiger partial charge in [0.2, 0.25) is 17.8 Å². The molecule has 2 aromatic heterocycles. The lowest BCUT2D eigenvalue weighted by atomic mass is 10.2. The number of likely N-dealkylation sites (N-methyl/N-ethyl adjacent to an activating group) is 1. The zero-order valence-corrected chi connectivity index (χ0v) is 18.9. The van der Waals surface area contributed by atoms with Crippen molar-refractivity contribution in [1.82, 2.24) is 30.0 Å². The maximum absolute atomic E-state index is 6.33. The topological polar surface area (TPSA) is 97.9 Å². The highest BCUT2D eigenvalue weighted by atomic mass is 35.5. The number of rotatable bonds is 6. The Bertz CT molecular complexity index is 1220. The lowest BCUT2D eigenvalue weighted by Crippen LogP contribution is -2.45. The molecule has 1 aliphatic heterocycles. The molecule has 0 spiro atoms. The highest BCUT2D eigenvalue weighted by Crippen LogP contribution is 2.26. The van der Waals surface area contributed by atoms with Crippen molar-refractivity contribution < 1.29 is 0 Å². The fourth-order valence-corrected chi connectivity index (χ4v) is 3.76. The number of nitrogens with zero attached hydrogens (tertiary/aromatic N) is 6. The molecule has 0 amide bonds. The number of hydrogen-bond donors (Lipinski definition) is 3. The fraction of sp³-hybridized carbons (Fsp3) is 0.217. The first kappa shape index (κ1) is 21.2. The van der Waals surface area contributed by atoms with Crippen LogP contribution in [0.4, 0.5) is 29.4 Å². The van der Waals surface area contributed by atoms with Crippen molar-refractivity contribution in [3.63, 3.8) is 0 Å². The van der Waals surface area contributed by atoms with Gasteiger partial charge in [0.15, 0.2) is 5.82 Å². The predicted octanol–water partition coefficient (Wildman–Crippen LogP) is 4.15. The number of halogens is 1. The molecule has 33 heavy (non-hydrogen) atoms. The third-order valence-electron chi connectivity index (χ3n) is 5.43. The maximum atomic E-state index is 6.33. The number of nitrogens with one attached hydrogen (secondary N) is 3. The van der Waals surface area contributed by atoms with Crippen LogP contribution in [-0.2, 0) is 0 Å². The van der Waals surface area contributed by atoms with E-state index in [1.54, 1.807) is 0 Å². The van der Waals surface area contributed by atoms with Crippen LogP contribution < -0.4 is 15.5 Å². The number of H-pyrrole nitrogens is 1. The zero-order chi connectivity index (χ0) is 22.6. The van der Waals surface area contributed by atoms with Crippen LogP contribution in [0.5, 0.6) is 0 Å². The summed E-state index contributed by atoms with van der Waals surface area (Å²) in [7, 11) is 2.12. The molecule has 3 N–H and O–H groups in total. The van der Waals surface area contributed by atoms with Crippen LogP contribution in [0.15, 0.2) is 60.7 Å². The van der Waals surface area contributed by atoms with Crippen LogP contribution in [-0.4, -0.2) is 63.3 Å². The lowest BCUT2D eigenvalue weighted by Gasteiger charge is -2.32. The van der Waals surface area contributed by atoms with E-state index in [1.807, 2.05) is 60.7 Å². The first-order valence-corrected chi connectivity index (χ1v) is 11.1. The summed E-state index contributed by atoms with van der Waals surface area (Å²) in [6, 6.07) is 19.4. The Balaban J connectivity index is 1.43. The third-order valence-corrected chi connectivity index (χ3v) is 5.76. The number of aromatic nitrogens is 5. The Morgan fingerprint density at radius 3 is 2.30 bits per heavy atom. The molecule has 2 aromatic carbocycles. The molecule has 0 unspecified atom stereocenters. The van der Waals surface area contributed by atoms with Gasteiger partial charge in [-0.2, -0.15) is 20.1 Å². The molecule has 3 heterocycles. The van der Waals surface area contributed by atoms with E-state index in [9.17, 15) is 0 Å². The molecular formula is C23H24ClN9. The van der Waals surface area contributed by atoms with Crippen LogP contribution in [0.1, 0.15) is 0 Å². The van der Waals surface area contributed by atoms with Gasteiger partial charge in [-0.1, -0.05) is 54.1 Å². The molecule has 0 saturated carbocycles. The number of hydrogen-bond acceptors (Lipinski definition) is 8. The molecule has 1 fully saturated rings. The van der Waals surface area contributed by atoms with E-state index in [0.717, 1.165) is 43.1 Å². The number of benzene rings is 2. The van der Waals surface area contributed by atoms with Gasteiger partial charge in [-0.3, -0.25) is 5.10 Å². The summed E-state index contributed by atoms with van der Waals surface area (Å²) in [5.74, 6) is 2.04. The zero-order valence-electron chi connectivity index (χ0n) is 18.2. The molecule has 0 radical (unpaired) electrons. The second-order valence-corrected chi connectivity index (χ2v) is 8.24. The van der Waals surface area contributed by atoms with Crippen molar-refractivity contribution in [3.8, 4) is 11.3 Å². The second-order valence-electron chi connectivity index (χ2n) is 7.84. The van der Waals surface area contributed by atoms with E-state index in [1.165, 1.54) is 0 Å². The quantitative estimate of drug-likeness (QED) is 0.394. The van der Waals surface area contributed by atoms with E-state index in [2.05, 4.69) is 52.6 Å². The van der Waals surface area contributed by atoms with Crippen LogP contribution in [0, 0.1) is 0 Å². The summed E-state index contributed by atoms with van der Waals surface area (Å²) in [5.41, 5.74) is 2.68. The standard InChI is InChI=1S/C23H24ClN9/c1-32-11-13-33(14-12-32)23-28-21(25-18-10-6-5-9-17(18)24)27-22(29-23)26-20-15-19(30-31-20)16-7-3-2-4-8-16/h2-10,15H,11-14H2,1H3,(H3,25,26,27,28,29,30,31). The summed E-state index contributed by atoms with van der Waals surface area (Å²) < 4.78 is 0. The molecule has 0 atom stereocenters. The molecule has 5 rings (SSSR count). The molecule has 1 saturated heterocycles. The van der Waals surface area contributed by atoms with Gasteiger partial charge in [0, 0.05) is 32.2 Å². The highest BCUT2D eigenvalue weighted by Gasteiger charge is 2.19. The maximum Gasteiger partial charge on any atom is 0.235 e. The number of anilines is 5. The minimum atomic E-state index is 0.402. The summed E-state index contributed by atoms with van der Waals surface area (Å²) in [6.07, 6.45) is 0. The Kier molecular flexibility index (Phi) is 6.05. The van der Waals surface area contributed by atoms with Crippen molar-refractivity contribution in [1.29, 1.82) is 0 Å². The lowest BCUT2D eigenvalue weighted by molar-refractivity contribution is 0.311. The largest absolute Gasteiger partial charge is 0.338 e. The smallest absolute Gasteiger partial charge is 0.235 e. The van der Waals surface area contributed by atoms with Crippen LogP contribution in [0.2, 0.25) is 5.02 Å². The summed E-state index contributed by atoms with van der Waals surface area (Å²) in [5, 5.41) is 14.4. The van der Waals surface area contributed by atoms with Crippen molar-refractivity contribution in [2.75, 3.05) is 48.8 Å². The van der Waals surface area contributed by atoms with Crippen molar-refractivity contribution in [2.24, 2.45) is 0 Å². The molecule has 0 bridgehead atoms. The van der Waals surface area contributed by atoms with Crippen molar-refractivity contribution in [3.05, 3.63) is 65.7 Å². The SMILES string of the molecule is CN1CCN(c2nc(Nc3cc(-c4ccccc4)[nH]n3)nc(Nc3ccccc3Cl)n2)CC1. The Morgan fingerprint density at radius 2 is 1.55 bits per heavy atom. The van der Waals surface area contributed by atoms with Gasteiger partial charge < -0.3 is 20.4 Å². The molecule has 0 aliphatic carbocycles. The van der Waals surface area contributed by atoms with Crippen LogP contribution >= 0.6 is 11.6 Å². The Hall–Kier alpha value is -3.69. The predicted molar refractivity (Wildman–Crippen MR) is 132 cm³/mol. The number of piperazine rings is 1. The van der Waals surface area contributed by atoms with Gasteiger partial charge in [-0.15, -0.1) is 0 Å². The van der Waals surface area contributed by atoms with E-state index in [-0.39, 0.29) is 0 Å². The van der Waals surface area contributed by atoms with Gasteiger partial charge in [0.05, 0.1) is 16.4 Å². The van der Waals surface area contributed by atoms with Crippen LogP contribution in [0.3, 0.4) is 0 Å². The Morgan fingerprint density at radius 1 is 0.848 bits per heavy atom. The van der Waals surface area contributed by atoms with Crippen molar-refractivity contribution >= 4 is 41.0 Å². The molecular weight excluding hydrogens is 438 g/mol. The van der Waals surface area contributed by atoms with E-state index < -0.39 is 0 Å². The first-order chi connectivity index (χ1) is 16.1. The molecule has 9 nitrogen and oxygen atoms in total. The van der Waals surface area contributed by atoms with Gasteiger partial charge in [-0.25, -0.2) is 0 Å². The first-order valence-electron chi connectivity index (χ1n) is 10.7. The third kappa shape index (κ3) is 5.05. The minimum absolute atomic E-state index is 0.402.